The molecule has 0 saturated heterocycles. The minimum absolute atomic E-state index is 0.178. The summed E-state index contributed by atoms with van der Waals surface area (Å²) in [6.07, 6.45) is 3.17. The Labute approximate surface area is 110 Å². The maximum Gasteiger partial charge on any atom is 0.0636 e. The second-order valence-corrected chi connectivity index (χ2v) is 6.00. The SMILES string of the molecule is CCCC(C)CC(O)CSc1ccc(C)cc1. The Balaban J connectivity index is 2.27. The van der Waals surface area contributed by atoms with Crippen LogP contribution < -0.4 is 0 Å². The van der Waals surface area contributed by atoms with Gasteiger partial charge in [0.25, 0.3) is 0 Å². The molecular weight excluding hydrogens is 228 g/mol. The number of hydrogen-bond acceptors (Lipinski definition) is 2. The minimum Gasteiger partial charge on any atom is -0.392 e. The van der Waals surface area contributed by atoms with Gasteiger partial charge < -0.3 is 5.11 Å². The lowest BCUT2D eigenvalue weighted by Crippen LogP contribution is -2.14. The Bertz CT molecular complexity index is 307. The molecule has 1 aromatic rings. The molecule has 1 nitrogen and oxygen atoms in total. The highest BCUT2D eigenvalue weighted by atomic mass is 32.2. The fourth-order valence-electron chi connectivity index (χ4n) is 1.97. The van der Waals surface area contributed by atoms with Crippen molar-refractivity contribution in [3.63, 3.8) is 0 Å². The summed E-state index contributed by atoms with van der Waals surface area (Å²) < 4.78 is 0. The molecule has 0 spiro atoms. The maximum atomic E-state index is 9.94. The van der Waals surface area contributed by atoms with E-state index in [2.05, 4.69) is 45.0 Å². The third-order valence-electron chi connectivity index (χ3n) is 2.92. The van der Waals surface area contributed by atoms with Crippen LogP contribution in [0, 0.1) is 12.8 Å². The number of aliphatic hydroxyl groups is 1. The molecule has 1 aromatic carbocycles. The molecule has 0 aliphatic heterocycles. The molecule has 2 heteroatoms. The van der Waals surface area contributed by atoms with Crippen LogP contribution in [-0.2, 0) is 0 Å². The summed E-state index contributed by atoms with van der Waals surface area (Å²) in [4.78, 5) is 1.25. The van der Waals surface area contributed by atoms with Crippen LogP contribution in [0.3, 0.4) is 0 Å². The zero-order valence-corrected chi connectivity index (χ0v) is 12.0. The molecule has 0 radical (unpaired) electrons. The zero-order valence-electron chi connectivity index (χ0n) is 11.1. The van der Waals surface area contributed by atoms with Crippen molar-refractivity contribution in [1.82, 2.24) is 0 Å². The van der Waals surface area contributed by atoms with Gasteiger partial charge in [-0.1, -0.05) is 44.4 Å². The van der Waals surface area contributed by atoms with Crippen molar-refractivity contribution in [3.8, 4) is 0 Å². The molecule has 0 saturated carbocycles. The second kappa shape index (κ2) is 7.78. The van der Waals surface area contributed by atoms with Crippen molar-refractivity contribution in [3.05, 3.63) is 29.8 Å². The minimum atomic E-state index is -0.178. The summed E-state index contributed by atoms with van der Waals surface area (Å²) in [5.74, 6) is 1.44. The quantitative estimate of drug-likeness (QED) is 0.731. The van der Waals surface area contributed by atoms with Crippen LogP contribution in [0.5, 0.6) is 0 Å². The van der Waals surface area contributed by atoms with Gasteiger partial charge in [0.2, 0.25) is 0 Å². The molecule has 17 heavy (non-hydrogen) atoms. The van der Waals surface area contributed by atoms with E-state index in [1.54, 1.807) is 11.8 Å². The van der Waals surface area contributed by atoms with Crippen molar-refractivity contribution in [2.45, 2.75) is 51.0 Å². The van der Waals surface area contributed by atoms with E-state index in [1.165, 1.54) is 23.3 Å². The third kappa shape index (κ3) is 6.13. The number of benzene rings is 1. The van der Waals surface area contributed by atoms with Gasteiger partial charge in [-0.15, -0.1) is 11.8 Å². The average molecular weight is 252 g/mol. The summed E-state index contributed by atoms with van der Waals surface area (Å²) in [5.41, 5.74) is 1.28. The van der Waals surface area contributed by atoms with Gasteiger partial charge in [-0.05, 0) is 31.4 Å². The standard InChI is InChI=1S/C15H24OS/c1-4-5-13(3)10-14(16)11-17-15-8-6-12(2)7-9-15/h6-9,13-14,16H,4-5,10-11H2,1-3H3. The summed E-state index contributed by atoms with van der Waals surface area (Å²) in [6, 6.07) is 8.49. The van der Waals surface area contributed by atoms with Crippen LogP contribution in [0.15, 0.2) is 29.2 Å². The van der Waals surface area contributed by atoms with Gasteiger partial charge in [0, 0.05) is 10.6 Å². The lowest BCUT2D eigenvalue weighted by atomic mass is 10.00. The average Bonchev–Trinajstić information content (AvgIpc) is 2.28. The Morgan fingerprint density at radius 3 is 2.47 bits per heavy atom. The number of rotatable bonds is 7. The summed E-state index contributed by atoms with van der Waals surface area (Å²) in [6.45, 7) is 6.52. The van der Waals surface area contributed by atoms with E-state index in [0.717, 1.165) is 12.2 Å². The van der Waals surface area contributed by atoms with E-state index in [0.29, 0.717) is 5.92 Å². The van der Waals surface area contributed by atoms with E-state index < -0.39 is 0 Å². The molecule has 0 bridgehead atoms. The maximum absolute atomic E-state index is 9.94. The molecule has 0 aromatic heterocycles. The molecule has 0 aliphatic rings. The Morgan fingerprint density at radius 1 is 1.24 bits per heavy atom. The first kappa shape index (κ1) is 14.6. The molecule has 2 atom stereocenters. The van der Waals surface area contributed by atoms with E-state index in [-0.39, 0.29) is 6.10 Å². The van der Waals surface area contributed by atoms with Crippen LogP contribution >= 0.6 is 11.8 Å². The highest BCUT2D eigenvalue weighted by molar-refractivity contribution is 7.99. The molecule has 0 amide bonds. The first-order valence-corrected chi connectivity index (χ1v) is 7.48. The van der Waals surface area contributed by atoms with Crippen LogP contribution in [0.2, 0.25) is 0 Å². The predicted octanol–water partition coefficient (Wildman–Crippen LogP) is 4.27. The highest BCUT2D eigenvalue weighted by Crippen LogP contribution is 2.22. The fourth-order valence-corrected chi connectivity index (χ4v) is 2.82. The molecule has 1 rings (SSSR count). The lowest BCUT2D eigenvalue weighted by Gasteiger charge is -2.15. The highest BCUT2D eigenvalue weighted by Gasteiger charge is 2.10. The lowest BCUT2D eigenvalue weighted by molar-refractivity contribution is 0.166. The molecular formula is C15H24OS. The number of aliphatic hydroxyl groups excluding tert-OH is 1. The number of thioether (sulfide) groups is 1. The van der Waals surface area contributed by atoms with Gasteiger partial charge in [-0.25, -0.2) is 0 Å². The van der Waals surface area contributed by atoms with E-state index in [9.17, 15) is 5.11 Å². The molecule has 0 fully saturated rings. The summed E-state index contributed by atoms with van der Waals surface area (Å²) in [5, 5.41) is 9.94. The van der Waals surface area contributed by atoms with Gasteiger partial charge in [0.1, 0.15) is 0 Å². The van der Waals surface area contributed by atoms with Crippen LogP contribution in [0.1, 0.15) is 38.7 Å². The number of aryl methyl sites for hydroxylation is 1. The van der Waals surface area contributed by atoms with E-state index >= 15 is 0 Å². The van der Waals surface area contributed by atoms with Gasteiger partial charge in [0.15, 0.2) is 0 Å². The predicted molar refractivity (Wildman–Crippen MR) is 76.6 cm³/mol. The zero-order chi connectivity index (χ0) is 12.7. The van der Waals surface area contributed by atoms with Crippen LogP contribution in [0.25, 0.3) is 0 Å². The fraction of sp³-hybridized carbons (Fsp3) is 0.600. The molecule has 2 unspecified atom stereocenters. The Hall–Kier alpha value is -0.470. The van der Waals surface area contributed by atoms with Crippen LogP contribution in [-0.4, -0.2) is 17.0 Å². The first-order chi connectivity index (χ1) is 8.11. The molecule has 0 heterocycles. The first-order valence-electron chi connectivity index (χ1n) is 6.49. The Morgan fingerprint density at radius 2 is 1.88 bits per heavy atom. The molecule has 0 aliphatic carbocycles. The van der Waals surface area contributed by atoms with Gasteiger partial charge in [-0.3, -0.25) is 0 Å². The molecule has 1 N–H and O–H groups in total. The van der Waals surface area contributed by atoms with Crippen molar-refractivity contribution in [2.24, 2.45) is 5.92 Å². The van der Waals surface area contributed by atoms with Crippen molar-refractivity contribution < 1.29 is 5.11 Å². The summed E-state index contributed by atoms with van der Waals surface area (Å²) >= 11 is 1.75. The smallest absolute Gasteiger partial charge is 0.0636 e. The van der Waals surface area contributed by atoms with E-state index in [4.69, 9.17) is 0 Å². The topological polar surface area (TPSA) is 20.2 Å². The van der Waals surface area contributed by atoms with Crippen molar-refractivity contribution >= 4 is 11.8 Å². The van der Waals surface area contributed by atoms with Gasteiger partial charge in [-0.2, -0.15) is 0 Å². The largest absolute Gasteiger partial charge is 0.392 e. The normalized spacial score (nSPS) is 14.6. The molecule has 96 valence electrons. The van der Waals surface area contributed by atoms with E-state index in [1.807, 2.05) is 0 Å². The van der Waals surface area contributed by atoms with Gasteiger partial charge in [0.05, 0.1) is 6.10 Å². The third-order valence-corrected chi connectivity index (χ3v) is 4.08. The van der Waals surface area contributed by atoms with Crippen LogP contribution in [0.4, 0.5) is 0 Å². The second-order valence-electron chi connectivity index (χ2n) is 4.91. The van der Waals surface area contributed by atoms with Gasteiger partial charge >= 0.3 is 0 Å². The monoisotopic (exact) mass is 252 g/mol. The van der Waals surface area contributed by atoms with Crippen molar-refractivity contribution in [2.75, 3.05) is 5.75 Å². The summed E-state index contributed by atoms with van der Waals surface area (Å²) in [7, 11) is 0. The van der Waals surface area contributed by atoms with Crippen molar-refractivity contribution in [1.29, 1.82) is 0 Å². The number of hydrogen-bond donors (Lipinski definition) is 1. The Kier molecular flexibility index (Phi) is 6.68.